The minimum atomic E-state index is -0.225. The number of nitrogens with one attached hydrogen (secondary N) is 1. The van der Waals surface area contributed by atoms with Crippen LogP contribution in [-0.2, 0) is 9.59 Å². The first-order chi connectivity index (χ1) is 4.23. The summed E-state index contributed by atoms with van der Waals surface area (Å²) in [5.41, 5.74) is -0.225. The Hall–Kier alpha value is -0.860. The molecule has 48 valence electrons. The summed E-state index contributed by atoms with van der Waals surface area (Å²) in [4.78, 5) is 21.2. The van der Waals surface area contributed by atoms with E-state index in [1.165, 1.54) is 0 Å². The minimum Gasteiger partial charge on any atom is -0.354 e. The van der Waals surface area contributed by atoms with Crippen molar-refractivity contribution in [3.63, 3.8) is 0 Å². The third-order valence-electron chi connectivity index (χ3n) is 2.14. The summed E-state index contributed by atoms with van der Waals surface area (Å²) in [6.07, 6.45) is 0.970. The topological polar surface area (TPSA) is 46.2 Å². The van der Waals surface area contributed by atoms with E-state index in [0.29, 0.717) is 12.8 Å². The Balaban J connectivity index is 2.13. The van der Waals surface area contributed by atoms with E-state index in [1.807, 2.05) is 0 Å². The van der Waals surface area contributed by atoms with Crippen molar-refractivity contribution in [2.75, 3.05) is 6.54 Å². The Morgan fingerprint density at radius 3 is 2.11 bits per heavy atom. The van der Waals surface area contributed by atoms with E-state index in [0.717, 1.165) is 6.54 Å². The Morgan fingerprint density at radius 1 is 1.33 bits per heavy atom. The number of ketones is 1. The lowest BCUT2D eigenvalue weighted by Gasteiger charge is -2.46. The average molecular weight is 125 g/mol. The zero-order valence-electron chi connectivity index (χ0n) is 4.94. The number of hydrogen-bond acceptors (Lipinski definition) is 2. The van der Waals surface area contributed by atoms with Crippen LogP contribution in [0.1, 0.15) is 12.8 Å². The largest absolute Gasteiger partial charge is 0.354 e. The summed E-state index contributed by atoms with van der Waals surface area (Å²) in [5.74, 6) is 0.298. The molecule has 1 N–H and O–H groups in total. The molecule has 0 aromatic heterocycles. The van der Waals surface area contributed by atoms with E-state index < -0.39 is 0 Å². The van der Waals surface area contributed by atoms with E-state index in [2.05, 4.69) is 5.32 Å². The van der Waals surface area contributed by atoms with Gasteiger partial charge in [-0.2, -0.15) is 0 Å². The highest BCUT2D eigenvalue weighted by Crippen LogP contribution is 2.41. The molecule has 2 aliphatic rings. The Morgan fingerprint density at radius 2 is 2.00 bits per heavy atom. The molecule has 0 aromatic carbocycles. The van der Waals surface area contributed by atoms with Gasteiger partial charge in [0.05, 0.1) is 5.41 Å². The van der Waals surface area contributed by atoms with Gasteiger partial charge in [-0.25, -0.2) is 0 Å². The van der Waals surface area contributed by atoms with Gasteiger partial charge in [0.25, 0.3) is 0 Å². The van der Waals surface area contributed by atoms with Crippen LogP contribution in [0, 0.1) is 5.41 Å². The second kappa shape index (κ2) is 1.17. The fourth-order valence-electron chi connectivity index (χ4n) is 1.40. The zero-order valence-corrected chi connectivity index (χ0v) is 4.94. The maximum Gasteiger partial charge on any atom is 0.228 e. The molecule has 0 aromatic rings. The van der Waals surface area contributed by atoms with Crippen molar-refractivity contribution in [1.82, 2.24) is 5.32 Å². The van der Waals surface area contributed by atoms with Crippen LogP contribution in [0.4, 0.5) is 0 Å². The molecule has 1 saturated heterocycles. The Bertz CT molecular complexity index is 189. The van der Waals surface area contributed by atoms with Crippen molar-refractivity contribution in [3.05, 3.63) is 0 Å². The van der Waals surface area contributed by atoms with Crippen molar-refractivity contribution in [3.8, 4) is 0 Å². The quantitative estimate of drug-likeness (QED) is 0.442. The molecule has 0 atom stereocenters. The lowest BCUT2D eigenvalue weighted by molar-refractivity contribution is -0.156. The molecule has 1 aliphatic carbocycles. The normalized spacial score (nSPS) is 28.9. The van der Waals surface area contributed by atoms with Crippen LogP contribution >= 0.6 is 0 Å². The van der Waals surface area contributed by atoms with Crippen molar-refractivity contribution < 1.29 is 9.59 Å². The number of β-lactam (4-membered cyclic amide) rings is 1. The Labute approximate surface area is 52.4 Å². The molecular weight excluding hydrogens is 118 g/mol. The van der Waals surface area contributed by atoms with Crippen LogP contribution in [0.2, 0.25) is 0 Å². The summed E-state index contributed by atoms with van der Waals surface area (Å²) in [6, 6.07) is 0. The third-order valence-corrected chi connectivity index (χ3v) is 2.14. The van der Waals surface area contributed by atoms with Gasteiger partial charge in [-0.05, 0) is 0 Å². The molecule has 0 radical (unpaired) electrons. The molecular formula is C6H7NO2. The first-order valence-electron chi connectivity index (χ1n) is 3.03. The monoisotopic (exact) mass is 125 g/mol. The smallest absolute Gasteiger partial charge is 0.228 e. The van der Waals surface area contributed by atoms with E-state index >= 15 is 0 Å². The van der Waals surface area contributed by atoms with Crippen molar-refractivity contribution in [2.24, 2.45) is 5.41 Å². The van der Waals surface area contributed by atoms with Gasteiger partial charge in [-0.3, -0.25) is 9.59 Å². The van der Waals surface area contributed by atoms with E-state index in [-0.39, 0.29) is 17.1 Å². The molecule has 1 amide bonds. The average Bonchev–Trinajstić information content (AvgIpc) is 1.77. The van der Waals surface area contributed by atoms with Gasteiger partial charge in [-0.1, -0.05) is 0 Å². The highest BCUT2D eigenvalue weighted by Gasteiger charge is 2.55. The van der Waals surface area contributed by atoms with Crippen LogP contribution in [0.5, 0.6) is 0 Å². The van der Waals surface area contributed by atoms with Crippen LogP contribution in [0.25, 0.3) is 0 Å². The van der Waals surface area contributed by atoms with Gasteiger partial charge < -0.3 is 5.32 Å². The molecule has 0 unspecified atom stereocenters. The zero-order chi connectivity index (χ0) is 6.48. The summed E-state index contributed by atoms with van der Waals surface area (Å²) in [5, 5.41) is 2.63. The van der Waals surface area contributed by atoms with Crippen LogP contribution in [0.15, 0.2) is 0 Å². The molecule has 1 heterocycles. The van der Waals surface area contributed by atoms with Crippen molar-refractivity contribution in [1.29, 1.82) is 0 Å². The highest BCUT2D eigenvalue weighted by molar-refractivity contribution is 6.03. The maximum atomic E-state index is 10.7. The van der Waals surface area contributed by atoms with Gasteiger partial charge in [0.2, 0.25) is 5.91 Å². The first-order valence-corrected chi connectivity index (χ1v) is 3.03. The molecule has 9 heavy (non-hydrogen) atoms. The summed E-state index contributed by atoms with van der Waals surface area (Å²) < 4.78 is 0. The number of hydrogen-bond donors (Lipinski definition) is 1. The van der Waals surface area contributed by atoms with Gasteiger partial charge in [0, 0.05) is 19.4 Å². The molecule has 0 bridgehead atoms. The third kappa shape index (κ3) is 0.422. The molecule has 3 nitrogen and oxygen atoms in total. The second-order valence-corrected chi connectivity index (χ2v) is 2.86. The van der Waals surface area contributed by atoms with Crippen molar-refractivity contribution >= 4 is 11.7 Å². The molecule has 2 fully saturated rings. The molecule has 2 rings (SSSR count). The van der Waals surface area contributed by atoms with Gasteiger partial charge in [0.15, 0.2) is 0 Å². The fraction of sp³-hybridized carbons (Fsp3) is 0.667. The maximum absolute atomic E-state index is 10.7. The summed E-state index contributed by atoms with van der Waals surface area (Å²) >= 11 is 0. The number of carbonyl (C=O) groups is 2. The number of Topliss-reactive ketones (excluding diaryl/α,β-unsaturated/α-hetero) is 1. The van der Waals surface area contributed by atoms with Crippen LogP contribution < -0.4 is 5.32 Å². The standard InChI is InChI=1S/C6H7NO2/c8-4-1-6(2-4)3-7-5(6)9/h1-3H2,(H,7,9). The van der Waals surface area contributed by atoms with Gasteiger partial charge in [0.1, 0.15) is 5.78 Å². The second-order valence-electron chi connectivity index (χ2n) is 2.86. The lowest BCUT2D eigenvalue weighted by atomic mass is 9.63. The summed E-state index contributed by atoms with van der Waals surface area (Å²) in [7, 11) is 0. The van der Waals surface area contributed by atoms with Crippen molar-refractivity contribution in [2.45, 2.75) is 12.8 Å². The molecule has 1 saturated carbocycles. The van der Waals surface area contributed by atoms with E-state index in [4.69, 9.17) is 0 Å². The predicted molar refractivity (Wildman–Crippen MR) is 29.7 cm³/mol. The fourth-order valence-corrected chi connectivity index (χ4v) is 1.40. The number of carbonyl (C=O) groups excluding carboxylic acids is 2. The predicted octanol–water partition coefficient (Wildman–Crippen LogP) is -0.534. The van der Waals surface area contributed by atoms with Crippen LogP contribution in [-0.4, -0.2) is 18.2 Å². The number of rotatable bonds is 0. The van der Waals surface area contributed by atoms with Gasteiger partial charge >= 0.3 is 0 Å². The lowest BCUT2D eigenvalue weighted by Crippen LogP contribution is -2.65. The molecule has 1 aliphatic heterocycles. The molecule has 3 heteroatoms. The highest BCUT2D eigenvalue weighted by atomic mass is 16.2. The van der Waals surface area contributed by atoms with Crippen LogP contribution in [0.3, 0.4) is 0 Å². The van der Waals surface area contributed by atoms with Gasteiger partial charge in [-0.15, -0.1) is 0 Å². The summed E-state index contributed by atoms with van der Waals surface area (Å²) in [6.45, 7) is 0.720. The first kappa shape index (κ1) is 4.97. The van der Waals surface area contributed by atoms with E-state index in [1.54, 1.807) is 0 Å². The SMILES string of the molecule is O=C1CC2(CNC2=O)C1. The number of amides is 1. The minimum absolute atomic E-state index is 0.0714. The Kier molecular flexibility index (Phi) is 0.648. The molecule has 1 spiro atoms. The van der Waals surface area contributed by atoms with E-state index in [9.17, 15) is 9.59 Å².